The third kappa shape index (κ3) is 2.47. The van der Waals surface area contributed by atoms with Gasteiger partial charge >= 0.3 is 5.69 Å². The number of benzene rings is 1. The smallest absolute Gasteiger partial charge is 0.291 e. The van der Waals surface area contributed by atoms with Crippen LogP contribution in [0.5, 0.6) is 0 Å². The van der Waals surface area contributed by atoms with Crippen LogP contribution in [-0.2, 0) is 6.54 Å². The summed E-state index contributed by atoms with van der Waals surface area (Å²) < 4.78 is 2.57. The fourth-order valence-electron chi connectivity index (χ4n) is 1.73. The number of aromatic nitrogens is 2. The van der Waals surface area contributed by atoms with Crippen LogP contribution < -0.4 is 5.69 Å². The van der Waals surface area contributed by atoms with Crippen molar-refractivity contribution in [2.75, 3.05) is 0 Å². The summed E-state index contributed by atoms with van der Waals surface area (Å²) in [6.07, 6.45) is 0. The Labute approximate surface area is 108 Å². The summed E-state index contributed by atoms with van der Waals surface area (Å²) in [7, 11) is 0. The molecule has 0 radical (unpaired) electrons. The highest BCUT2D eigenvalue weighted by atomic mass is 79.9. The van der Waals surface area contributed by atoms with Crippen molar-refractivity contribution in [1.82, 2.24) is 9.55 Å². The maximum atomic E-state index is 11.8. The van der Waals surface area contributed by atoms with Crippen molar-refractivity contribution in [2.45, 2.75) is 20.4 Å². The molecule has 1 aromatic heterocycles. The van der Waals surface area contributed by atoms with E-state index in [-0.39, 0.29) is 5.69 Å². The molecule has 2 aromatic rings. The summed E-state index contributed by atoms with van der Waals surface area (Å²) in [6, 6.07) is 9.89. The molecule has 0 atom stereocenters. The van der Waals surface area contributed by atoms with E-state index in [4.69, 9.17) is 0 Å². The lowest BCUT2D eigenvalue weighted by molar-refractivity contribution is 0.688. The largest absolute Gasteiger partial charge is 0.348 e. The highest BCUT2D eigenvalue weighted by molar-refractivity contribution is 9.10. The fraction of sp³-hybridized carbons (Fsp3) is 0.231. The van der Waals surface area contributed by atoms with Gasteiger partial charge in [0.1, 0.15) is 0 Å². The molecule has 0 aliphatic rings. The van der Waals surface area contributed by atoms with Gasteiger partial charge in [0.25, 0.3) is 0 Å². The number of aryl methyl sites for hydroxylation is 1. The highest BCUT2D eigenvalue weighted by Crippen LogP contribution is 2.17. The van der Waals surface area contributed by atoms with E-state index < -0.39 is 0 Å². The molecule has 0 aliphatic heterocycles. The maximum absolute atomic E-state index is 11.8. The van der Waals surface area contributed by atoms with Crippen LogP contribution >= 0.6 is 15.9 Å². The van der Waals surface area contributed by atoms with E-state index in [1.165, 1.54) is 0 Å². The standard InChI is InChI=1S/C13H13BrN2O/c1-9-12(14)10(2)16(13(17)15-9)8-11-6-4-3-5-7-11/h3-7H,8H2,1-2H3. The number of rotatable bonds is 2. The van der Waals surface area contributed by atoms with Crippen molar-refractivity contribution in [3.05, 3.63) is 62.2 Å². The van der Waals surface area contributed by atoms with Crippen LogP contribution in [0.4, 0.5) is 0 Å². The maximum Gasteiger partial charge on any atom is 0.348 e. The summed E-state index contributed by atoms with van der Waals surface area (Å²) in [6.45, 7) is 4.30. The molecule has 0 saturated heterocycles. The Morgan fingerprint density at radius 3 is 2.53 bits per heavy atom. The number of hydrogen-bond donors (Lipinski definition) is 0. The first kappa shape index (κ1) is 12.0. The molecule has 17 heavy (non-hydrogen) atoms. The first-order chi connectivity index (χ1) is 8.09. The van der Waals surface area contributed by atoms with Gasteiger partial charge in [-0.05, 0) is 35.3 Å². The quantitative estimate of drug-likeness (QED) is 0.853. The molecular weight excluding hydrogens is 280 g/mol. The van der Waals surface area contributed by atoms with Crippen LogP contribution in [0.15, 0.2) is 39.6 Å². The molecule has 88 valence electrons. The van der Waals surface area contributed by atoms with Crippen molar-refractivity contribution in [2.24, 2.45) is 0 Å². The highest BCUT2D eigenvalue weighted by Gasteiger charge is 2.09. The van der Waals surface area contributed by atoms with Gasteiger partial charge < -0.3 is 0 Å². The van der Waals surface area contributed by atoms with Crippen molar-refractivity contribution in [3.63, 3.8) is 0 Å². The van der Waals surface area contributed by atoms with Gasteiger partial charge in [-0.3, -0.25) is 4.57 Å². The second-order valence-electron chi connectivity index (χ2n) is 3.95. The van der Waals surface area contributed by atoms with E-state index in [2.05, 4.69) is 20.9 Å². The van der Waals surface area contributed by atoms with Gasteiger partial charge in [0, 0.05) is 5.69 Å². The lowest BCUT2D eigenvalue weighted by Gasteiger charge is -2.11. The normalized spacial score (nSPS) is 10.5. The van der Waals surface area contributed by atoms with Crippen LogP contribution in [0.3, 0.4) is 0 Å². The van der Waals surface area contributed by atoms with Crippen molar-refractivity contribution >= 4 is 15.9 Å². The monoisotopic (exact) mass is 292 g/mol. The average molecular weight is 293 g/mol. The predicted octanol–water partition coefficient (Wildman–Crippen LogP) is 2.67. The van der Waals surface area contributed by atoms with E-state index >= 15 is 0 Å². The lowest BCUT2D eigenvalue weighted by Crippen LogP contribution is -2.26. The Hall–Kier alpha value is -1.42. The molecule has 0 fully saturated rings. The van der Waals surface area contributed by atoms with Gasteiger partial charge in [-0.15, -0.1) is 0 Å². The molecule has 0 N–H and O–H groups in total. The summed E-state index contributed by atoms with van der Waals surface area (Å²) in [4.78, 5) is 15.8. The van der Waals surface area contributed by atoms with Crippen molar-refractivity contribution in [3.8, 4) is 0 Å². The van der Waals surface area contributed by atoms with Gasteiger partial charge in [-0.25, -0.2) is 4.79 Å². The van der Waals surface area contributed by atoms with E-state index in [9.17, 15) is 4.79 Å². The molecule has 4 heteroatoms. The molecule has 0 bridgehead atoms. The van der Waals surface area contributed by atoms with Crippen LogP contribution in [0, 0.1) is 13.8 Å². The molecule has 0 aliphatic carbocycles. The summed E-state index contributed by atoms with van der Waals surface area (Å²) in [5, 5.41) is 0. The summed E-state index contributed by atoms with van der Waals surface area (Å²) >= 11 is 3.46. The van der Waals surface area contributed by atoms with E-state index in [1.807, 2.05) is 44.2 Å². The van der Waals surface area contributed by atoms with Crippen LogP contribution in [-0.4, -0.2) is 9.55 Å². The molecule has 0 saturated carbocycles. The second-order valence-corrected chi connectivity index (χ2v) is 4.74. The third-order valence-electron chi connectivity index (χ3n) is 2.72. The number of halogens is 1. The van der Waals surface area contributed by atoms with Crippen molar-refractivity contribution < 1.29 is 0 Å². The molecule has 1 aromatic carbocycles. The molecular formula is C13H13BrN2O. The van der Waals surface area contributed by atoms with Crippen LogP contribution in [0.2, 0.25) is 0 Å². The summed E-state index contributed by atoms with van der Waals surface area (Å²) in [5.41, 5.74) is 2.53. The number of hydrogen-bond acceptors (Lipinski definition) is 2. The SMILES string of the molecule is Cc1nc(=O)n(Cc2ccccc2)c(C)c1Br. The molecule has 0 spiro atoms. The first-order valence-electron chi connectivity index (χ1n) is 5.37. The van der Waals surface area contributed by atoms with Gasteiger partial charge in [-0.1, -0.05) is 30.3 Å². The Balaban J connectivity index is 2.47. The van der Waals surface area contributed by atoms with E-state index in [0.717, 1.165) is 21.4 Å². The second kappa shape index (κ2) is 4.84. The zero-order chi connectivity index (χ0) is 12.4. The minimum atomic E-state index is -0.202. The topological polar surface area (TPSA) is 34.9 Å². The fourth-order valence-corrected chi connectivity index (χ4v) is 2.03. The average Bonchev–Trinajstić information content (AvgIpc) is 2.33. The zero-order valence-electron chi connectivity index (χ0n) is 9.77. The minimum Gasteiger partial charge on any atom is -0.291 e. The number of nitrogens with zero attached hydrogens (tertiary/aromatic N) is 2. The zero-order valence-corrected chi connectivity index (χ0v) is 11.4. The Kier molecular flexibility index (Phi) is 3.43. The van der Waals surface area contributed by atoms with Crippen molar-refractivity contribution in [1.29, 1.82) is 0 Å². The third-order valence-corrected chi connectivity index (χ3v) is 3.87. The molecule has 3 nitrogen and oxygen atoms in total. The van der Waals surface area contributed by atoms with Crippen LogP contribution in [0.25, 0.3) is 0 Å². The molecule has 0 amide bonds. The van der Waals surface area contributed by atoms with E-state index in [0.29, 0.717) is 6.54 Å². The van der Waals surface area contributed by atoms with Gasteiger partial charge in [0.2, 0.25) is 0 Å². The Morgan fingerprint density at radius 2 is 1.88 bits per heavy atom. The first-order valence-corrected chi connectivity index (χ1v) is 6.16. The Bertz CT molecular complexity index is 590. The lowest BCUT2D eigenvalue weighted by atomic mass is 10.2. The Morgan fingerprint density at radius 1 is 1.24 bits per heavy atom. The van der Waals surface area contributed by atoms with Gasteiger partial charge in [0.05, 0.1) is 16.7 Å². The summed E-state index contributed by atoms with van der Waals surface area (Å²) in [5.74, 6) is 0. The van der Waals surface area contributed by atoms with E-state index in [1.54, 1.807) is 4.57 Å². The molecule has 1 heterocycles. The minimum absolute atomic E-state index is 0.202. The van der Waals surface area contributed by atoms with Gasteiger partial charge in [-0.2, -0.15) is 4.98 Å². The molecule has 2 rings (SSSR count). The predicted molar refractivity (Wildman–Crippen MR) is 71.2 cm³/mol. The van der Waals surface area contributed by atoms with Crippen LogP contribution in [0.1, 0.15) is 17.0 Å². The molecule has 0 unspecified atom stereocenters. The van der Waals surface area contributed by atoms with Gasteiger partial charge in [0.15, 0.2) is 0 Å².